The predicted molar refractivity (Wildman–Crippen MR) is 142 cm³/mol. The zero-order chi connectivity index (χ0) is 31.6. The normalized spacial score (nSPS) is 18.2. The van der Waals surface area contributed by atoms with Crippen LogP contribution in [0.3, 0.4) is 0 Å². The number of aliphatic carboxylic acids is 1. The van der Waals surface area contributed by atoms with Crippen molar-refractivity contribution >= 4 is 30.1 Å². The standard InChI is InChI=1S/C27H37F3N4O8/c1-4-16(2)23(25(39)31-20(26(40)41)9-10-27(28,29)30)32-24(38)21(13-18-5-7-19(37)8-6-18)34(15-35)22-14-33(17(3)36)11-12-42-22/h5-8,15-16,20-23,37H,4,9-14H2,1-3H3,(H,31,39)(H,32,38)(H,40,41)/t16-,20-,21-,22+,23-/m0/s1. The van der Waals surface area contributed by atoms with E-state index in [0.717, 1.165) is 4.90 Å². The van der Waals surface area contributed by atoms with Crippen molar-refractivity contribution in [1.29, 1.82) is 0 Å². The molecule has 0 radical (unpaired) electrons. The smallest absolute Gasteiger partial charge is 0.389 e. The molecule has 4 amide bonds. The zero-order valence-corrected chi connectivity index (χ0v) is 23.6. The van der Waals surface area contributed by atoms with E-state index in [1.165, 1.54) is 36.1 Å². The van der Waals surface area contributed by atoms with Gasteiger partial charge in [0.1, 0.15) is 23.9 Å². The number of carbonyl (C=O) groups excluding carboxylic acids is 4. The minimum atomic E-state index is -4.64. The fourth-order valence-corrected chi connectivity index (χ4v) is 4.41. The monoisotopic (exact) mass is 602 g/mol. The summed E-state index contributed by atoms with van der Waals surface area (Å²) in [5.74, 6) is -4.36. The van der Waals surface area contributed by atoms with E-state index >= 15 is 0 Å². The fourth-order valence-electron chi connectivity index (χ4n) is 4.41. The quantitative estimate of drug-likeness (QED) is 0.232. The third kappa shape index (κ3) is 10.2. The summed E-state index contributed by atoms with van der Waals surface area (Å²) in [5, 5.41) is 23.7. The number of benzene rings is 1. The first-order chi connectivity index (χ1) is 19.7. The zero-order valence-electron chi connectivity index (χ0n) is 23.6. The highest BCUT2D eigenvalue weighted by Crippen LogP contribution is 2.23. The summed E-state index contributed by atoms with van der Waals surface area (Å²) in [6, 6.07) is 1.32. The Morgan fingerprint density at radius 2 is 1.81 bits per heavy atom. The molecule has 42 heavy (non-hydrogen) atoms. The van der Waals surface area contributed by atoms with Gasteiger partial charge in [-0.1, -0.05) is 32.4 Å². The molecule has 1 fully saturated rings. The first-order valence-corrected chi connectivity index (χ1v) is 13.4. The van der Waals surface area contributed by atoms with Crippen molar-refractivity contribution in [3.8, 4) is 5.75 Å². The molecule has 0 bridgehead atoms. The number of carbonyl (C=O) groups is 5. The summed E-state index contributed by atoms with van der Waals surface area (Å²) in [7, 11) is 0. The molecule has 0 aliphatic carbocycles. The Kier molecular flexibility index (Phi) is 12.6. The number of halogens is 3. The first-order valence-electron chi connectivity index (χ1n) is 13.4. The molecule has 4 N–H and O–H groups in total. The highest BCUT2D eigenvalue weighted by Gasteiger charge is 2.38. The van der Waals surface area contributed by atoms with Crippen LogP contribution in [0.2, 0.25) is 0 Å². The molecule has 0 saturated carbocycles. The molecule has 2 rings (SSSR count). The molecule has 234 valence electrons. The van der Waals surface area contributed by atoms with Crippen molar-refractivity contribution in [2.24, 2.45) is 5.92 Å². The highest BCUT2D eigenvalue weighted by molar-refractivity contribution is 5.92. The van der Waals surface area contributed by atoms with Gasteiger partial charge in [-0.25, -0.2) is 4.79 Å². The number of phenolic OH excluding ortho intramolecular Hbond substituents is 1. The number of rotatable bonds is 14. The van der Waals surface area contributed by atoms with Crippen molar-refractivity contribution in [2.45, 2.75) is 77.0 Å². The topological polar surface area (TPSA) is 166 Å². The number of hydrogen-bond donors (Lipinski definition) is 4. The number of ether oxygens (including phenoxy) is 1. The molecule has 0 spiro atoms. The van der Waals surface area contributed by atoms with Crippen molar-refractivity contribution in [1.82, 2.24) is 20.4 Å². The van der Waals surface area contributed by atoms with Crippen LogP contribution in [-0.4, -0.2) is 100 Å². The Morgan fingerprint density at radius 3 is 2.33 bits per heavy atom. The summed E-state index contributed by atoms with van der Waals surface area (Å²) >= 11 is 0. The van der Waals surface area contributed by atoms with Crippen LogP contribution in [0.25, 0.3) is 0 Å². The van der Waals surface area contributed by atoms with Crippen LogP contribution in [0.15, 0.2) is 24.3 Å². The Morgan fingerprint density at radius 1 is 1.17 bits per heavy atom. The van der Waals surface area contributed by atoms with Crippen molar-refractivity contribution in [3.05, 3.63) is 29.8 Å². The van der Waals surface area contributed by atoms with Gasteiger partial charge in [-0.2, -0.15) is 13.2 Å². The largest absolute Gasteiger partial charge is 0.508 e. The van der Waals surface area contributed by atoms with Crippen LogP contribution in [0.1, 0.15) is 45.6 Å². The molecule has 1 aromatic rings. The van der Waals surface area contributed by atoms with Crippen molar-refractivity contribution < 1.29 is 52.1 Å². The van der Waals surface area contributed by atoms with E-state index < -0.39 is 67.1 Å². The Hall–Kier alpha value is -3.88. The second-order valence-electron chi connectivity index (χ2n) is 10.2. The molecule has 0 aromatic heterocycles. The minimum Gasteiger partial charge on any atom is -0.508 e. The number of phenols is 1. The number of carboxylic acids is 1. The number of alkyl halides is 3. The van der Waals surface area contributed by atoms with Gasteiger partial charge in [0.2, 0.25) is 24.1 Å². The van der Waals surface area contributed by atoms with Gasteiger partial charge in [-0.05, 0) is 30.0 Å². The van der Waals surface area contributed by atoms with E-state index in [1.807, 2.05) is 0 Å². The first kappa shape index (κ1) is 34.3. The number of nitrogens with zero attached hydrogens (tertiary/aromatic N) is 2. The molecule has 12 nitrogen and oxygen atoms in total. The third-order valence-corrected chi connectivity index (χ3v) is 7.10. The SMILES string of the molecule is CC[C@H](C)[C@H](NC(=O)[C@H](Cc1ccc(O)cc1)N(C=O)[C@H]1CN(C(C)=O)CCO1)C(=O)N[C@@H](CCC(F)(F)F)C(=O)O. The second-order valence-corrected chi connectivity index (χ2v) is 10.2. The number of aromatic hydroxyl groups is 1. The maximum absolute atomic E-state index is 13.7. The summed E-state index contributed by atoms with van der Waals surface area (Å²) < 4.78 is 43.8. The summed E-state index contributed by atoms with van der Waals surface area (Å²) in [4.78, 5) is 65.3. The van der Waals surface area contributed by atoms with E-state index in [1.54, 1.807) is 13.8 Å². The lowest BCUT2D eigenvalue weighted by Gasteiger charge is -2.40. The van der Waals surface area contributed by atoms with Gasteiger partial charge >= 0.3 is 12.1 Å². The Balaban J connectivity index is 2.36. The van der Waals surface area contributed by atoms with E-state index in [-0.39, 0.29) is 37.8 Å². The molecule has 1 aliphatic rings. The lowest BCUT2D eigenvalue weighted by Crippen LogP contribution is -2.61. The van der Waals surface area contributed by atoms with Gasteiger partial charge in [0.15, 0.2) is 6.23 Å². The number of nitrogens with one attached hydrogen (secondary N) is 2. The van der Waals surface area contributed by atoms with Crippen LogP contribution >= 0.6 is 0 Å². The van der Waals surface area contributed by atoms with Crippen molar-refractivity contribution in [2.75, 3.05) is 19.7 Å². The molecule has 0 unspecified atom stereocenters. The van der Waals surface area contributed by atoms with Crippen LogP contribution in [0, 0.1) is 5.92 Å². The summed E-state index contributed by atoms with van der Waals surface area (Å²) in [6.45, 7) is 4.99. The van der Waals surface area contributed by atoms with Crippen LogP contribution in [0.4, 0.5) is 13.2 Å². The molecule has 5 atom stereocenters. The number of morpholine rings is 1. The van der Waals surface area contributed by atoms with Crippen LogP contribution < -0.4 is 10.6 Å². The van der Waals surface area contributed by atoms with E-state index in [4.69, 9.17) is 4.74 Å². The van der Waals surface area contributed by atoms with Gasteiger partial charge < -0.3 is 35.4 Å². The second kappa shape index (κ2) is 15.4. The lowest BCUT2D eigenvalue weighted by atomic mass is 9.96. The lowest BCUT2D eigenvalue weighted by molar-refractivity contribution is -0.163. The number of carboxylic acid groups (broad SMARTS) is 1. The molecule has 1 heterocycles. The van der Waals surface area contributed by atoms with Gasteiger partial charge in [0.25, 0.3) is 0 Å². The van der Waals surface area contributed by atoms with Crippen molar-refractivity contribution in [3.63, 3.8) is 0 Å². The Labute approximate surface area is 241 Å². The average Bonchev–Trinajstić information content (AvgIpc) is 2.93. The molecule has 1 aromatic carbocycles. The van der Waals surface area contributed by atoms with Gasteiger partial charge in [0.05, 0.1) is 13.2 Å². The third-order valence-electron chi connectivity index (χ3n) is 7.10. The maximum atomic E-state index is 13.7. The summed E-state index contributed by atoms with van der Waals surface area (Å²) in [5.41, 5.74) is 0.529. The average molecular weight is 603 g/mol. The molecule has 1 aliphatic heterocycles. The summed E-state index contributed by atoms with van der Waals surface area (Å²) in [6.07, 6.45) is -7.37. The van der Waals surface area contributed by atoms with Gasteiger partial charge in [-0.15, -0.1) is 0 Å². The van der Waals surface area contributed by atoms with Gasteiger partial charge in [0, 0.05) is 26.3 Å². The molecular weight excluding hydrogens is 565 g/mol. The van der Waals surface area contributed by atoms with E-state index in [0.29, 0.717) is 18.4 Å². The minimum absolute atomic E-state index is 0.0256. The van der Waals surface area contributed by atoms with E-state index in [9.17, 15) is 47.4 Å². The van der Waals surface area contributed by atoms with E-state index in [2.05, 4.69) is 10.6 Å². The fraction of sp³-hybridized carbons (Fsp3) is 0.593. The van der Waals surface area contributed by atoms with Gasteiger partial charge in [-0.3, -0.25) is 19.2 Å². The molecular formula is C27H37F3N4O8. The maximum Gasteiger partial charge on any atom is 0.389 e. The number of amides is 4. The number of hydrogen-bond acceptors (Lipinski definition) is 7. The van der Waals surface area contributed by atoms with Crippen LogP contribution in [-0.2, 0) is 35.1 Å². The highest BCUT2D eigenvalue weighted by atomic mass is 19.4. The molecule has 1 saturated heterocycles. The molecule has 15 heteroatoms. The Bertz CT molecular complexity index is 1100. The van der Waals surface area contributed by atoms with Crippen LogP contribution in [0.5, 0.6) is 5.75 Å². The predicted octanol–water partition coefficient (Wildman–Crippen LogP) is 1.41.